The lowest BCUT2D eigenvalue weighted by molar-refractivity contribution is -0.387. The minimum Gasteiger partial charge on any atom is -0.379 e. The lowest BCUT2D eigenvalue weighted by Crippen LogP contribution is -2.00. The minimum absolute atomic E-state index is 0.0729. The lowest BCUT2D eigenvalue weighted by atomic mass is 10.2. The number of nitro groups is 1. The fourth-order valence-corrected chi connectivity index (χ4v) is 2.50. The first-order valence-electron chi connectivity index (χ1n) is 4.95. The molecule has 0 spiro atoms. The van der Waals surface area contributed by atoms with Crippen LogP contribution in [0.5, 0.6) is 0 Å². The molecule has 1 heterocycles. The van der Waals surface area contributed by atoms with Crippen molar-refractivity contribution in [3.63, 3.8) is 0 Å². The van der Waals surface area contributed by atoms with Crippen LogP contribution in [-0.4, -0.2) is 9.91 Å². The van der Waals surface area contributed by atoms with Gasteiger partial charge in [0.25, 0.3) is 0 Å². The summed E-state index contributed by atoms with van der Waals surface area (Å²) in [6, 6.07) is 1.96. The van der Waals surface area contributed by atoms with Crippen LogP contribution in [0.15, 0.2) is 18.3 Å². The SMILES string of the molecule is O=[N+]([O-])c1cc(Cl)c(NCc2cnc(Cl)s2)cc1F. The van der Waals surface area contributed by atoms with E-state index < -0.39 is 16.4 Å². The van der Waals surface area contributed by atoms with Crippen LogP contribution in [-0.2, 0) is 6.54 Å². The maximum Gasteiger partial charge on any atom is 0.306 e. The van der Waals surface area contributed by atoms with E-state index in [0.717, 1.165) is 17.0 Å². The van der Waals surface area contributed by atoms with E-state index in [4.69, 9.17) is 23.2 Å². The molecule has 2 aromatic rings. The fraction of sp³-hybridized carbons (Fsp3) is 0.100. The number of anilines is 1. The van der Waals surface area contributed by atoms with E-state index >= 15 is 0 Å². The molecule has 0 aliphatic rings. The number of aromatic nitrogens is 1. The van der Waals surface area contributed by atoms with Crippen LogP contribution in [0.4, 0.5) is 15.8 Å². The summed E-state index contributed by atoms with van der Waals surface area (Å²) >= 11 is 12.8. The van der Waals surface area contributed by atoms with Gasteiger partial charge in [0, 0.05) is 23.2 Å². The summed E-state index contributed by atoms with van der Waals surface area (Å²) < 4.78 is 13.8. The van der Waals surface area contributed by atoms with Gasteiger partial charge in [-0.25, -0.2) is 4.98 Å². The van der Waals surface area contributed by atoms with Gasteiger partial charge in [-0.1, -0.05) is 23.2 Å². The van der Waals surface area contributed by atoms with Gasteiger partial charge in [-0.2, -0.15) is 4.39 Å². The van der Waals surface area contributed by atoms with Gasteiger partial charge in [-0.3, -0.25) is 10.1 Å². The van der Waals surface area contributed by atoms with Gasteiger partial charge in [0.2, 0.25) is 5.82 Å². The molecule has 0 saturated carbocycles. The molecule has 0 aliphatic carbocycles. The first-order valence-corrected chi connectivity index (χ1v) is 6.52. The third-order valence-corrected chi connectivity index (χ3v) is 3.64. The van der Waals surface area contributed by atoms with Crippen LogP contribution >= 0.6 is 34.5 Å². The Labute approximate surface area is 121 Å². The zero-order valence-electron chi connectivity index (χ0n) is 9.19. The molecule has 0 amide bonds. The van der Waals surface area contributed by atoms with Crippen LogP contribution in [0.25, 0.3) is 0 Å². The summed E-state index contributed by atoms with van der Waals surface area (Å²) in [5.41, 5.74) is -0.384. The zero-order valence-corrected chi connectivity index (χ0v) is 11.5. The quantitative estimate of drug-likeness (QED) is 0.679. The number of rotatable bonds is 4. The van der Waals surface area contributed by atoms with E-state index in [1.807, 2.05) is 0 Å². The maximum atomic E-state index is 13.4. The standard InChI is InChI=1S/C10H6Cl2FN3O2S/c11-6-1-9(16(17)18)7(13)2-8(6)14-3-5-4-15-10(12)19-5/h1-2,4,14H,3H2. The first-order chi connectivity index (χ1) is 8.97. The topological polar surface area (TPSA) is 68.1 Å². The maximum absolute atomic E-state index is 13.4. The second-order valence-electron chi connectivity index (χ2n) is 3.47. The molecule has 0 fully saturated rings. The smallest absolute Gasteiger partial charge is 0.306 e. The molecule has 1 aromatic heterocycles. The second kappa shape index (κ2) is 5.68. The van der Waals surface area contributed by atoms with Crippen molar-refractivity contribution < 1.29 is 9.31 Å². The molecule has 0 bridgehead atoms. The Morgan fingerprint density at radius 1 is 1.47 bits per heavy atom. The van der Waals surface area contributed by atoms with E-state index in [9.17, 15) is 14.5 Å². The average Bonchev–Trinajstić information content (AvgIpc) is 2.75. The van der Waals surface area contributed by atoms with E-state index in [2.05, 4.69) is 10.3 Å². The Balaban J connectivity index is 2.17. The molecule has 100 valence electrons. The monoisotopic (exact) mass is 321 g/mol. The van der Waals surface area contributed by atoms with Gasteiger partial charge in [-0.05, 0) is 0 Å². The lowest BCUT2D eigenvalue weighted by Gasteiger charge is -2.07. The fourth-order valence-electron chi connectivity index (χ4n) is 1.36. The molecule has 0 radical (unpaired) electrons. The first kappa shape index (κ1) is 14.0. The number of nitro benzene ring substituents is 1. The second-order valence-corrected chi connectivity index (χ2v) is 5.58. The molecule has 1 aromatic carbocycles. The average molecular weight is 322 g/mol. The van der Waals surface area contributed by atoms with Crippen LogP contribution in [0.1, 0.15) is 4.88 Å². The van der Waals surface area contributed by atoms with Crippen molar-refractivity contribution in [1.82, 2.24) is 4.98 Å². The highest BCUT2D eigenvalue weighted by molar-refractivity contribution is 7.15. The number of benzene rings is 1. The number of nitrogens with zero attached hydrogens (tertiary/aromatic N) is 2. The Bertz CT molecular complexity index is 635. The van der Waals surface area contributed by atoms with Gasteiger partial charge in [0.15, 0.2) is 4.47 Å². The molecular weight excluding hydrogens is 316 g/mol. The van der Waals surface area contributed by atoms with Crippen molar-refractivity contribution in [2.24, 2.45) is 0 Å². The van der Waals surface area contributed by atoms with Crippen molar-refractivity contribution in [1.29, 1.82) is 0 Å². The van der Waals surface area contributed by atoms with Crippen molar-refractivity contribution in [2.75, 3.05) is 5.32 Å². The van der Waals surface area contributed by atoms with Gasteiger partial charge < -0.3 is 5.32 Å². The molecule has 0 saturated heterocycles. The molecule has 0 atom stereocenters. The van der Waals surface area contributed by atoms with Gasteiger partial charge >= 0.3 is 5.69 Å². The molecule has 9 heteroatoms. The summed E-state index contributed by atoms with van der Waals surface area (Å²) in [5.74, 6) is -0.945. The molecule has 19 heavy (non-hydrogen) atoms. The summed E-state index contributed by atoms with van der Waals surface area (Å²) in [6.45, 7) is 0.349. The van der Waals surface area contributed by atoms with Crippen molar-refractivity contribution in [3.05, 3.63) is 48.6 Å². The molecule has 0 unspecified atom stereocenters. The summed E-state index contributed by atoms with van der Waals surface area (Å²) in [7, 11) is 0. The highest BCUT2D eigenvalue weighted by Gasteiger charge is 2.17. The summed E-state index contributed by atoms with van der Waals surface area (Å²) in [6.07, 6.45) is 1.58. The van der Waals surface area contributed by atoms with E-state index in [0.29, 0.717) is 11.0 Å². The minimum atomic E-state index is -0.945. The highest BCUT2D eigenvalue weighted by Crippen LogP contribution is 2.30. The van der Waals surface area contributed by atoms with Crippen LogP contribution in [0, 0.1) is 15.9 Å². The Hall–Kier alpha value is -1.44. The third-order valence-electron chi connectivity index (χ3n) is 2.21. The third kappa shape index (κ3) is 3.31. The zero-order chi connectivity index (χ0) is 14.0. The van der Waals surface area contributed by atoms with Crippen molar-refractivity contribution >= 4 is 45.9 Å². The number of hydrogen-bond acceptors (Lipinski definition) is 5. The van der Waals surface area contributed by atoms with Gasteiger partial charge in [0.1, 0.15) is 0 Å². The number of thiazole rings is 1. The van der Waals surface area contributed by atoms with E-state index in [-0.39, 0.29) is 10.7 Å². The molecule has 5 nitrogen and oxygen atoms in total. The normalized spacial score (nSPS) is 10.5. The number of hydrogen-bond donors (Lipinski definition) is 1. The van der Waals surface area contributed by atoms with E-state index in [1.54, 1.807) is 6.20 Å². The van der Waals surface area contributed by atoms with Crippen LogP contribution < -0.4 is 5.32 Å². The number of halogens is 3. The molecular formula is C10H6Cl2FN3O2S. The van der Waals surface area contributed by atoms with E-state index in [1.165, 1.54) is 11.3 Å². The summed E-state index contributed by atoms with van der Waals surface area (Å²) in [4.78, 5) is 14.4. The van der Waals surface area contributed by atoms with Gasteiger partial charge in [0.05, 0.1) is 22.2 Å². The number of nitrogens with one attached hydrogen (secondary N) is 1. The Morgan fingerprint density at radius 3 is 2.79 bits per heavy atom. The van der Waals surface area contributed by atoms with Crippen LogP contribution in [0.2, 0.25) is 9.49 Å². The predicted octanol–water partition coefficient (Wildman–Crippen LogP) is 4.11. The van der Waals surface area contributed by atoms with Gasteiger partial charge in [-0.15, -0.1) is 11.3 Å². The molecule has 0 aliphatic heterocycles. The van der Waals surface area contributed by atoms with Crippen molar-refractivity contribution in [3.8, 4) is 0 Å². The summed E-state index contributed by atoms with van der Waals surface area (Å²) in [5, 5.41) is 13.5. The molecule has 2 rings (SSSR count). The van der Waals surface area contributed by atoms with Crippen LogP contribution in [0.3, 0.4) is 0 Å². The Kier molecular flexibility index (Phi) is 4.18. The molecule has 1 N–H and O–H groups in total. The highest BCUT2D eigenvalue weighted by atomic mass is 35.5. The predicted molar refractivity (Wildman–Crippen MR) is 72.5 cm³/mol. The Morgan fingerprint density at radius 2 is 2.21 bits per heavy atom. The largest absolute Gasteiger partial charge is 0.379 e. The van der Waals surface area contributed by atoms with Crippen molar-refractivity contribution in [2.45, 2.75) is 6.54 Å².